The normalized spacial score (nSPS) is 19.0. The lowest BCUT2D eigenvalue weighted by Crippen LogP contribution is -2.35. The highest BCUT2D eigenvalue weighted by atomic mass is 16.5. The van der Waals surface area contributed by atoms with E-state index in [0.717, 1.165) is 37.6 Å². The summed E-state index contributed by atoms with van der Waals surface area (Å²) in [7, 11) is 0. The van der Waals surface area contributed by atoms with E-state index in [9.17, 15) is 0 Å². The van der Waals surface area contributed by atoms with E-state index in [1.165, 1.54) is 0 Å². The van der Waals surface area contributed by atoms with Crippen molar-refractivity contribution in [2.24, 2.45) is 0 Å². The first kappa shape index (κ1) is 15.1. The fourth-order valence-corrected chi connectivity index (χ4v) is 2.82. The van der Waals surface area contributed by atoms with Crippen molar-refractivity contribution in [3.05, 3.63) is 23.4 Å². The Morgan fingerprint density at radius 3 is 2.32 bits per heavy atom. The van der Waals surface area contributed by atoms with Crippen LogP contribution in [-0.2, 0) is 0 Å². The van der Waals surface area contributed by atoms with Crippen LogP contribution in [0.25, 0.3) is 0 Å². The highest BCUT2D eigenvalue weighted by Gasteiger charge is 2.29. The van der Waals surface area contributed by atoms with E-state index in [1.807, 2.05) is 6.92 Å². The second-order valence-corrected chi connectivity index (χ2v) is 6.31. The van der Waals surface area contributed by atoms with Crippen LogP contribution in [0.3, 0.4) is 0 Å². The van der Waals surface area contributed by atoms with E-state index in [4.69, 9.17) is 9.05 Å². The number of hydrogen-bond donors (Lipinski definition) is 0. The molecule has 0 unspecified atom stereocenters. The number of likely N-dealkylation sites (tertiary alicyclic amines) is 1. The molecule has 1 aliphatic heterocycles. The van der Waals surface area contributed by atoms with Gasteiger partial charge in [0.15, 0.2) is 11.6 Å². The Bertz CT molecular complexity index is 613. The Hall–Kier alpha value is -1.76. The van der Waals surface area contributed by atoms with Gasteiger partial charge in [0, 0.05) is 11.8 Å². The summed E-state index contributed by atoms with van der Waals surface area (Å²) in [5.74, 6) is 3.60. The van der Waals surface area contributed by atoms with Crippen LogP contribution >= 0.6 is 0 Å². The van der Waals surface area contributed by atoms with E-state index in [1.54, 1.807) is 0 Å². The number of aryl methyl sites for hydroxylation is 1. The molecule has 2 aromatic heterocycles. The Morgan fingerprint density at radius 1 is 1.05 bits per heavy atom. The van der Waals surface area contributed by atoms with Crippen molar-refractivity contribution < 1.29 is 9.05 Å². The molecule has 7 heteroatoms. The molecule has 3 rings (SSSR count). The molecule has 0 saturated carbocycles. The quantitative estimate of drug-likeness (QED) is 0.859. The molecule has 120 valence electrons. The van der Waals surface area contributed by atoms with Crippen LogP contribution in [0.15, 0.2) is 9.05 Å². The van der Waals surface area contributed by atoms with Gasteiger partial charge in [-0.2, -0.15) is 9.97 Å². The molecular weight excluding hydrogens is 282 g/mol. The average Bonchev–Trinajstić information content (AvgIpc) is 3.16. The molecule has 0 aromatic carbocycles. The van der Waals surface area contributed by atoms with Crippen LogP contribution in [0.1, 0.15) is 74.9 Å². The zero-order valence-corrected chi connectivity index (χ0v) is 13.6. The van der Waals surface area contributed by atoms with Gasteiger partial charge in [0.05, 0.1) is 6.04 Å². The van der Waals surface area contributed by atoms with E-state index in [0.29, 0.717) is 17.6 Å². The SMILES string of the molecule is Cc1noc(C2CCN([C@H](C)c3nc(C(C)C)no3)CC2)n1. The molecule has 0 spiro atoms. The van der Waals surface area contributed by atoms with E-state index in [-0.39, 0.29) is 12.0 Å². The van der Waals surface area contributed by atoms with E-state index < -0.39 is 0 Å². The van der Waals surface area contributed by atoms with Crippen LogP contribution in [0.2, 0.25) is 0 Å². The molecule has 1 saturated heterocycles. The molecule has 0 aliphatic carbocycles. The van der Waals surface area contributed by atoms with Crippen molar-refractivity contribution in [1.82, 2.24) is 25.2 Å². The van der Waals surface area contributed by atoms with Crippen LogP contribution in [0.5, 0.6) is 0 Å². The van der Waals surface area contributed by atoms with E-state index >= 15 is 0 Å². The van der Waals surface area contributed by atoms with Gasteiger partial charge in [-0.05, 0) is 39.8 Å². The maximum absolute atomic E-state index is 5.41. The second-order valence-electron chi connectivity index (χ2n) is 6.31. The summed E-state index contributed by atoms with van der Waals surface area (Å²) in [6.45, 7) is 10.0. The zero-order chi connectivity index (χ0) is 15.7. The first-order chi connectivity index (χ1) is 10.5. The predicted molar refractivity (Wildman–Crippen MR) is 79.4 cm³/mol. The molecule has 3 heterocycles. The molecule has 0 amide bonds. The van der Waals surface area contributed by atoms with Gasteiger partial charge in [-0.3, -0.25) is 4.90 Å². The van der Waals surface area contributed by atoms with Gasteiger partial charge in [0.1, 0.15) is 0 Å². The minimum atomic E-state index is 0.144. The third-order valence-corrected chi connectivity index (χ3v) is 4.30. The number of aromatic nitrogens is 4. The summed E-state index contributed by atoms with van der Waals surface area (Å²) >= 11 is 0. The molecule has 2 aromatic rings. The molecule has 22 heavy (non-hydrogen) atoms. The molecule has 1 fully saturated rings. The lowest BCUT2D eigenvalue weighted by molar-refractivity contribution is 0.128. The van der Waals surface area contributed by atoms with Gasteiger partial charge in [0.2, 0.25) is 11.8 Å². The Balaban J connectivity index is 1.60. The van der Waals surface area contributed by atoms with Crippen LogP contribution in [-0.4, -0.2) is 38.3 Å². The number of nitrogens with zero attached hydrogens (tertiary/aromatic N) is 5. The highest BCUT2D eigenvalue weighted by Crippen LogP contribution is 2.31. The molecule has 1 aliphatic rings. The summed E-state index contributed by atoms with van der Waals surface area (Å²) in [4.78, 5) is 11.2. The van der Waals surface area contributed by atoms with Gasteiger partial charge in [-0.15, -0.1) is 0 Å². The number of hydrogen-bond acceptors (Lipinski definition) is 7. The van der Waals surface area contributed by atoms with Crippen LogP contribution in [0, 0.1) is 6.92 Å². The fraction of sp³-hybridized carbons (Fsp3) is 0.733. The standard InChI is InChI=1S/C15H23N5O2/c1-9(2)13-17-14(21-19-13)10(3)20-7-5-12(6-8-20)15-16-11(4)18-22-15/h9-10,12H,5-8H2,1-4H3/t10-/m1/s1. The lowest BCUT2D eigenvalue weighted by Gasteiger charge is -2.33. The Morgan fingerprint density at radius 2 is 1.77 bits per heavy atom. The van der Waals surface area contributed by atoms with Gasteiger partial charge in [-0.25, -0.2) is 0 Å². The molecule has 7 nitrogen and oxygen atoms in total. The molecular formula is C15H23N5O2. The third kappa shape index (κ3) is 3.04. The average molecular weight is 305 g/mol. The van der Waals surface area contributed by atoms with Gasteiger partial charge < -0.3 is 9.05 Å². The molecule has 0 radical (unpaired) electrons. The van der Waals surface area contributed by atoms with Crippen molar-refractivity contribution in [2.75, 3.05) is 13.1 Å². The Labute approximate surface area is 130 Å². The number of piperidine rings is 1. The maximum Gasteiger partial charge on any atom is 0.243 e. The zero-order valence-electron chi connectivity index (χ0n) is 13.6. The fourth-order valence-electron chi connectivity index (χ4n) is 2.82. The molecule has 0 bridgehead atoms. The van der Waals surface area contributed by atoms with Crippen LogP contribution < -0.4 is 0 Å². The lowest BCUT2D eigenvalue weighted by atomic mass is 9.96. The number of rotatable bonds is 4. The minimum absolute atomic E-state index is 0.144. The summed E-state index contributed by atoms with van der Waals surface area (Å²) in [6, 6.07) is 0.144. The minimum Gasteiger partial charge on any atom is -0.339 e. The van der Waals surface area contributed by atoms with Crippen molar-refractivity contribution in [1.29, 1.82) is 0 Å². The van der Waals surface area contributed by atoms with Crippen molar-refractivity contribution in [3.8, 4) is 0 Å². The van der Waals surface area contributed by atoms with Crippen LogP contribution in [0.4, 0.5) is 0 Å². The summed E-state index contributed by atoms with van der Waals surface area (Å²) in [6.07, 6.45) is 2.02. The van der Waals surface area contributed by atoms with Crippen molar-refractivity contribution in [2.45, 2.75) is 58.4 Å². The monoisotopic (exact) mass is 305 g/mol. The molecule has 0 N–H and O–H groups in total. The van der Waals surface area contributed by atoms with Crippen molar-refractivity contribution in [3.63, 3.8) is 0 Å². The summed E-state index contributed by atoms with van der Waals surface area (Å²) in [5, 5.41) is 7.93. The third-order valence-electron chi connectivity index (χ3n) is 4.30. The van der Waals surface area contributed by atoms with Crippen molar-refractivity contribution >= 4 is 0 Å². The summed E-state index contributed by atoms with van der Waals surface area (Å²) < 4.78 is 10.7. The van der Waals surface area contributed by atoms with Gasteiger partial charge in [-0.1, -0.05) is 24.2 Å². The smallest absolute Gasteiger partial charge is 0.243 e. The molecule has 1 atom stereocenters. The second kappa shape index (κ2) is 6.16. The van der Waals surface area contributed by atoms with E-state index in [2.05, 4.69) is 46.0 Å². The topological polar surface area (TPSA) is 81.1 Å². The predicted octanol–water partition coefficient (Wildman–Crippen LogP) is 2.83. The first-order valence-corrected chi connectivity index (χ1v) is 7.92. The van der Waals surface area contributed by atoms with Gasteiger partial charge in [0.25, 0.3) is 0 Å². The summed E-state index contributed by atoms with van der Waals surface area (Å²) in [5.41, 5.74) is 0. The van der Waals surface area contributed by atoms with Gasteiger partial charge >= 0.3 is 0 Å². The maximum atomic E-state index is 5.41. The largest absolute Gasteiger partial charge is 0.339 e. The first-order valence-electron chi connectivity index (χ1n) is 7.92. The Kier molecular flexibility index (Phi) is 4.24. The highest BCUT2D eigenvalue weighted by molar-refractivity contribution is 4.99.